The zero-order valence-electron chi connectivity index (χ0n) is 8.67. The van der Waals surface area contributed by atoms with Crippen LogP contribution in [0.5, 0.6) is 0 Å². The predicted molar refractivity (Wildman–Crippen MR) is 74.6 cm³/mol. The fourth-order valence-corrected chi connectivity index (χ4v) is 1.36. The molecule has 1 aromatic carbocycles. The van der Waals surface area contributed by atoms with Gasteiger partial charge in [0.1, 0.15) is 0 Å². The van der Waals surface area contributed by atoms with E-state index in [4.69, 9.17) is 11.3 Å². The van der Waals surface area contributed by atoms with Gasteiger partial charge in [-0.05, 0) is 35.4 Å². The van der Waals surface area contributed by atoms with Gasteiger partial charge >= 0.3 is 0 Å². The van der Waals surface area contributed by atoms with E-state index >= 15 is 0 Å². The van der Waals surface area contributed by atoms with Gasteiger partial charge in [0.15, 0.2) is 5.11 Å². The summed E-state index contributed by atoms with van der Waals surface area (Å²) in [4.78, 5) is 2.69. The number of nitrogens with zero attached hydrogens (tertiary/aromatic N) is 4. The number of rotatable bonds is 4. The van der Waals surface area contributed by atoms with Crippen LogP contribution in [0.25, 0.3) is 10.4 Å². The molecule has 0 unspecified atom stereocenters. The Morgan fingerprint density at radius 3 is 2.65 bits per heavy atom. The average Bonchev–Trinajstić information content (AvgIpc) is 2.30. The number of thiocarbonyl (C=S) groups is 1. The van der Waals surface area contributed by atoms with E-state index in [2.05, 4.69) is 48.7 Å². The molecule has 6 nitrogen and oxygen atoms in total. The predicted octanol–water partition coefficient (Wildman–Crippen LogP) is 2.30. The summed E-state index contributed by atoms with van der Waals surface area (Å²) in [5.74, 6) is 0. The smallest absolute Gasteiger partial charge is 0.184 e. The molecule has 0 saturated carbocycles. The summed E-state index contributed by atoms with van der Waals surface area (Å²) in [6, 6.07) is 7.41. The summed E-state index contributed by atoms with van der Waals surface area (Å²) in [6.45, 7) is 0.119. The van der Waals surface area contributed by atoms with E-state index < -0.39 is 0 Å². The number of nitrogens with two attached hydrogens (primary N) is 1. The van der Waals surface area contributed by atoms with Crippen LogP contribution >= 0.6 is 28.1 Å². The first-order valence-electron chi connectivity index (χ1n) is 4.52. The van der Waals surface area contributed by atoms with Crippen molar-refractivity contribution in [1.82, 2.24) is 5.43 Å². The van der Waals surface area contributed by atoms with Crippen molar-refractivity contribution in [3.63, 3.8) is 0 Å². The third-order valence-corrected chi connectivity index (χ3v) is 2.38. The summed E-state index contributed by atoms with van der Waals surface area (Å²) >= 11 is 7.98. The molecule has 0 atom stereocenters. The molecule has 0 aliphatic carbocycles. The van der Waals surface area contributed by atoms with E-state index in [1.54, 1.807) is 0 Å². The Hall–Kier alpha value is -1.63. The minimum absolute atomic E-state index is 0.0561. The minimum atomic E-state index is 0.0561. The maximum absolute atomic E-state index is 8.31. The zero-order valence-corrected chi connectivity index (χ0v) is 11.1. The van der Waals surface area contributed by atoms with Gasteiger partial charge in [-0.1, -0.05) is 33.2 Å². The van der Waals surface area contributed by atoms with Crippen LogP contribution < -0.4 is 11.2 Å². The molecule has 0 aliphatic heterocycles. The number of halogens is 1. The Balaban J connectivity index is 2.96. The Morgan fingerprint density at radius 2 is 2.12 bits per heavy atom. The SMILES string of the molecule is [N-]=[N+]=NC/C(=N\NC(N)=S)c1ccc(Br)cc1. The van der Waals surface area contributed by atoms with Gasteiger partial charge in [0.05, 0.1) is 12.3 Å². The summed E-state index contributed by atoms with van der Waals surface area (Å²) in [7, 11) is 0. The molecule has 0 spiro atoms. The van der Waals surface area contributed by atoms with Gasteiger partial charge in [0, 0.05) is 9.38 Å². The van der Waals surface area contributed by atoms with Crippen molar-refractivity contribution >= 4 is 39.0 Å². The highest BCUT2D eigenvalue weighted by atomic mass is 79.9. The molecule has 3 N–H and O–H groups in total. The lowest BCUT2D eigenvalue weighted by Gasteiger charge is -2.04. The molecule has 8 heteroatoms. The molecule has 0 aliphatic rings. The van der Waals surface area contributed by atoms with Gasteiger partial charge in [0.2, 0.25) is 0 Å². The monoisotopic (exact) mass is 312 g/mol. The molecule has 1 rings (SSSR count). The second-order valence-electron chi connectivity index (χ2n) is 2.93. The van der Waals surface area contributed by atoms with Crippen molar-refractivity contribution in [3.8, 4) is 0 Å². The first kappa shape index (κ1) is 13.4. The van der Waals surface area contributed by atoms with Crippen LogP contribution in [0.3, 0.4) is 0 Å². The standard InChI is InChI=1S/C9H9BrN6S/c10-7-3-1-6(2-4-7)8(5-13-16-12)14-15-9(11)17/h1-4H,5H2,(H3,11,15,17)/b14-8+. The first-order chi connectivity index (χ1) is 8.13. The molecule has 1 aromatic rings. The number of hydrogen-bond acceptors (Lipinski definition) is 3. The molecule has 88 valence electrons. The Bertz CT molecular complexity index is 477. The zero-order chi connectivity index (χ0) is 12.7. The number of benzene rings is 1. The van der Waals surface area contributed by atoms with Gasteiger partial charge < -0.3 is 5.73 Å². The van der Waals surface area contributed by atoms with Crippen LogP contribution in [0, 0.1) is 0 Å². The number of hydrazone groups is 1. The highest BCUT2D eigenvalue weighted by Crippen LogP contribution is 2.11. The van der Waals surface area contributed by atoms with Gasteiger partial charge in [-0.25, -0.2) is 0 Å². The van der Waals surface area contributed by atoms with Crippen molar-refractivity contribution < 1.29 is 0 Å². The first-order valence-corrected chi connectivity index (χ1v) is 5.72. The summed E-state index contributed by atoms with van der Waals surface area (Å²) in [5.41, 5.74) is 17.4. The lowest BCUT2D eigenvalue weighted by molar-refractivity contribution is 1.02. The van der Waals surface area contributed by atoms with E-state index in [1.165, 1.54) is 0 Å². The highest BCUT2D eigenvalue weighted by Gasteiger charge is 2.02. The quantitative estimate of drug-likeness (QED) is 0.223. The Labute approximate surface area is 112 Å². The number of azide groups is 1. The number of nitrogens with one attached hydrogen (secondary N) is 1. The van der Waals surface area contributed by atoms with E-state index in [-0.39, 0.29) is 11.7 Å². The number of hydrogen-bond donors (Lipinski definition) is 2. The molecule has 0 bridgehead atoms. The lowest BCUT2D eigenvalue weighted by Crippen LogP contribution is -2.26. The van der Waals surface area contributed by atoms with Gasteiger partial charge in [-0.3, -0.25) is 5.43 Å². The van der Waals surface area contributed by atoms with Crippen molar-refractivity contribution in [3.05, 3.63) is 44.7 Å². The second-order valence-corrected chi connectivity index (χ2v) is 4.29. The van der Waals surface area contributed by atoms with Crippen molar-refractivity contribution in [2.75, 3.05) is 6.54 Å². The normalized spacial score (nSPS) is 10.5. The van der Waals surface area contributed by atoms with E-state index in [0.29, 0.717) is 5.71 Å². The van der Waals surface area contributed by atoms with Crippen molar-refractivity contribution in [2.45, 2.75) is 0 Å². The molecular formula is C9H9BrN6S. The van der Waals surface area contributed by atoms with Crippen LogP contribution in [-0.4, -0.2) is 17.4 Å². The van der Waals surface area contributed by atoms with Crippen LogP contribution in [0.15, 0.2) is 39.0 Å². The minimum Gasteiger partial charge on any atom is -0.375 e. The molecule has 0 aromatic heterocycles. The molecule has 0 fully saturated rings. The van der Waals surface area contributed by atoms with E-state index in [1.807, 2.05) is 24.3 Å². The van der Waals surface area contributed by atoms with Crippen LogP contribution in [0.2, 0.25) is 0 Å². The summed E-state index contributed by atoms with van der Waals surface area (Å²) in [6.07, 6.45) is 0. The second kappa shape index (κ2) is 6.85. The van der Waals surface area contributed by atoms with Crippen molar-refractivity contribution in [2.24, 2.45) is 15.9 Å². The fraction of sp³-hybridized carbons (Fsp3) is 0.111. The largest absolute Gasteiger partial charge is 0.375 e. The maximum atomic E-state index is 8.31. The highest BCUT2D eigenvalue weighted by molar-refractivity contribution is 9.10. The molecule has 0 radical (unpaired) electrons. The van der Waals surface area contributed by atoms with Crippen LogP contribution in [0.4, 0.5) is 0 Å². The summed E-state index contributed by atoms with van der Waals surface area (Å²) < 4.78 is 0.951. The van der Waals surface area contributed by atoms with Gasteiger partial charge in [0.25, 0.3) is 0 Å². The van der Waals surface area contributed by atoms with Crippen molar-refractivity contribution in [1.29, 1.82) is 0 Å². The third-order valence-electron chi connectivity index (χ3n) is 1.76. The van der Waals surface area contributed by atoms with E-state index in [0.717, 1.165) is 10.0 Å². The fourth-order valence-electron chi connectivity index (χ4n) is 1.05. The van der Waals surface area contributed by atoms with Gasteiger partial charge in [-0.2, -0.15) is 5.10 Å². The van der Waals surface area contributed by atoms with E-state index in [9.17, 15) is 0 Å². The topological polar surface area (TPSA) is 99.2 Å². The molecule has 0 saturated heterocycles. The molecule has 0 amide bonds. The molecule has 0 heterocycles. The summed E-state index contributed by atoms with van der Waals surface area (Å²) in [5, 5.41) is 7.50. The Kier molecular flexibility index (Phi) is 5.41. The molecular weight excluding hydrogens is 304 g/mol. The molecule has 17 heavy (non-hydrogen) atoms. The average molecular weight is 313 g/mol. The Morgan fingerprint density at radius 1 is 1.47 bits per heavy atom. The maximum Gasteiger partial charge on any atom is 0.184 e. The lowest BCUT2D eigenvalue weighted by atomic mass is 10.1. The van der Waals surface area contributed by atoms with Crippen LogP contribution in [0.1, 0.15) is 5.56 Å². The third kappa shape index (κ3) is 4.81. The van der Waals surface area contributed by atoms with Crippen LogP contribution in [-0.2, 0) is 0 Å². The van der Waals surface area contributed by atoms with Gasteiger partial charge in [-0.15, -0.1) is 0 Å².